The first-order chi connectivity index (χ1) is 14.4. The van der Waals surface area contributed by atoms with Gasteiger partial charge in [-0.3, -0.25) is 4.72 Å². The molecule has 1 saturated carbocycles. The number of aromatic nitrogens is 2. The number of carboxylic acids is 1. The maximum absolute atomic E-state index is 13.3. The highest BCUT2D eigenvalue weighted by Crippen LogP contribution is 2.43. The van der Waals surface area contributed by atoms with Crippen molar-refractivity contribution in [2.45, 2.75) is 23.7 Å². The fourth-order valence-corrected chi connectivity index (χ4v) is 4.56. The summed E-state index contributed by atoms with van der Waals surface area (Å²) in [5.74, 6) is -0.832. The molecule has 9 heteroatoms. The molecule has 0 radical (unpaired) electrons. The number of nitrogens with one attached hydrogen (secondary N) is 1. The molecule has 0 amide bonds. The third kappa shape index (κ3) is 3.86. The lowest BCUT2D eigenvalue weighted by molar-refractivity contribution is 0.0696. The number of carboxylic acid groups (broad SMARTS) is 1. The highest BCUT2D eigenvalue weighted by Gasteiger charge is 2.31. The van der Waals surface area contributed by atoms with Crippen LogP contribution >= 0.6 is 0 Å². The Bertz CT molecular complexity index is 1280. The van der Waals surface area contributed by atoms with E-state index in [4.69, 9.17) is 0 Å². The number of benzene rings is 2. The second-order valence-electron chi connectivity index (χ2n) is 6.88. The SMILES string of the molecule is N#Cc1ccc(-c2ncccn2)c(NS(=O)(=O)c2cc(C(=O)O)ccc2C2CC2)c1. The third-order valence-corrected chi connectivity index (χ3v) is 6.19. The monoisotopic (exact) mass is 420 g/mol. The van der Waals surface area contributed by atoms with E-state index in [0.29, 0.717) is 17.0 Å². The van der Waals surface area contributed by atoms with E-state index in [1.807, 2.05) is 6.07 Å². The zero-order valence-corrected chi connectivity index (χ0v) is 16.4. The topological polar surface area (TPSA) is 133 Å². The minimum Gasteiger partial charge on any atom is -0.478 e. The van der Waals surface area contributed by atoms with Crippen LogP contribution in [0.25, 0.3) is 11.4 Å². The highest BCUT2D eigenvalue weighted by molar-refractivity contribution is 7.92. The smallest absolute Gasteiger partial charge is 0.335 e. The Balaban J connectivity index is 1.82. The molecule has 1 fully saturated rings. The maximum atomic E-state index is 13.3. The van der Waals surface area contributed by atoms with Gasteiger partial charge in [-0.25, -0.2) is 23.2 Å². The Morgan fingerprint density at radius 1 is 1.13 bits per heavy atom. The molecular weight excluding hydrogens is 404 g/mol. The van der Waals surface area contributed by atoms with Gasteiger partial charge in [0.15, 0.2) is 5.82 Å². The maximum Gasteiger partial charge on any atom is 0.335 e. The summed E-state index contributed by atoms with van der Waals surface area (Å²) in [4.78, 5) is 19.6. The Labute approximate surface area is 172 Å². The lowest BCUT2D eigenvalue weighted by atomic mass is 10.1. The predicted octanol–water partition coefficient (Wildman–Crippen LogP) is 3.39. The first kappa shape index (κ1) is 19.5. The number of anilines is 1. The van der Waals surface area contributed by atoms with Gasteiger partial charge in [-0.15, -0.1) is 0 Å². The molecule has 30 heavy (non-hydrogen) atoms. The summed E-state index contributed by atoms with van der Waals surface area (Å²) in [5, 5.41) is 18.5. The Hall–Kier alpha value is -3.77. The second-order valence-corrected chi connectivity index (χ2v) is 8.53. The molecule has 0 atom stereocenters. The van der Waals surface area contributed by atoms with Crippen LogP contribution in [-0.4, -0.2) is 29.5 Å². The van der Waals surface area contributed by atoms with Gasteiger partial charge in [-0.05, 0) is 60.7 Å². The van der Waals surface area contributed by atoms with Crippen molar-refractivity contribution in [3.63, 3.8) is 0 Å². The van der Waals surface area contributed by atoms with Crippen molar-refractivity contribution in [1.29, 1.82) is 5.26 Å². The summed E-state index contributed by atoms with van der Waals surface area (Å²) in [6.45, 7) is 0. The molecule has 1 aromatic heterocycles. The quantitative estimate of drug-likeness (QED) is 0.624. The van der Waals surface area contributed by atoms with Gasteiger partial charge < -0.3 is 5.11 Å². The van der Waals surface area contributed by atoms with Gasteiger partial charge in [-0.1, -0.05) is 6.07 Å². The summed E-state index contributed by atoms with van der Waals surface area (Å²) >= 11 is 0. The Morgan fingerprint density at radius 2 is 1.87 bits per heavy atom. The largest absolute Gasteiger partial charge is 0.478 e. The van der Waals surface area contributed by atoms with Gasteiger partial charge in [0.05, 0.1) is 27.8 Å². The zero-order valence-electron chi connectivity index (χ0n) is 15.6. The standard InChI is InChI=1S/C21H16N4O4S/c22-12-13-2-6-17(20-23-8-1-9-24-20)18(10-13)25-30(28,29)19-11-15(21(26)27)5-7-16(19)14-3-4-14/h1-2,5-11,14,25H,3-4H2,(H,26,27). The van der Waals surface area contributed by atoms with E-state index in [9.17, 15) is 23.6 Å². The molecule has 0 spiro atoms. The van der Waals surface area contributed by atoms with E-state index in [1.54, 1.807) is 24.3 Å². The number of aromatic carboxylic acids is 1. The molecule has 0 unspecified atom stereocenters. The molecule has 2 N–H and O–H groups in total. The zero-order chi connectivity index (χ0) is 21.3. The summed E-state index contributed by atoms with van der Waals surface area (Å²) in [6, 6.07) is 12.3. The van der Waals surface area contributed by atoms with Crippen molar-refractivity contribution >= 4 is 21.7 Å². The number of carbonyl (C=O) groups is 1. The highest BCUT2D eigenvalue weighted by atomic mass is 32.2. The molecular formula is C21H16N4O4S. The molecule has 8 nitrogen and oxygen atoms in total. The fourth-order valence-electron chi connectivity index (χ4n) is 3.16. The molecule has 150 valence electrons. The molecule has 3 aromatic rings. The van der Waals surface area contributed by atoms with Crippen LogP contribution in [0.5, 0.6) is 0 Å². The number of hydrogen-bond acceptors (Lipinski definition) is 6. The minimum absolute atomic E-state index is 0.0767. The molecule has 1 heterocycles. The number of hydrogen-bond donors (Lipinski definition) is 2. The van der Waals surface area contributed by atoms with Crippen molar-refractivity contribution in [3.8, 4) is 17.5 Å². The van der Waals surface area contributed by atoms with Crippen LogP contribution in [0.15, 0.2) is 59.8 Å². The number of rotatable bonds is 6. The van der Waals surface area contributed by atoms with Crippen LogP contribution in [0.4, 0.5) is 5.69 Å². The van der Waals surface area contributed by atoms with Crippen LogP contribution in [0, 0.1) is 11.3 Å². The van der Waals surface area contributed by atoms with Gasteiger partial charge in [0.25, 0.3) is 10.0 Å². The normalized spacial score (nSPS) is 13.4. The summed E-state index contributed by atoms with van der Waals surface area (Å²) in [6.07, 6.45) is 4.75. The van der Waals surface area contributed by atoms with E-state index in [-0.39, 0.29) is 27.6 Å². The second kappa shape index (κ2) is 7.57. The van der Waals surface area contributed by atoms with Crippen LogP contribution < -0.4 is 4.72 Å². The van der Waals surface area contributed by atoms with Gasteiger partial charge >= 0.3 is 5.97 Å². The lowest BCUT2D eigenvalue weighted by Crippen LogP contribution is -2.17. The first-order valence-corrected chi connectivity index (χ1v) is 10.6. The lowest BCUT2D eigenvalue weighted by Gasteiger charge is -2.15. The van der Waals surface area contributed by atoms with E-state index in [1.165, 1.54) is 30.6 Å². The molecule has 1 aliphatic carbocycles. The predicted molar refractivity (Wildman–Crippen MR) is 108 cm³/mol. The van der Waals surface area contributed by atoms with E-state index >= 15 is 0 Å². The van der Waals surface area contributed by atoms with E-state index in [2.05, 4.69) is 14.7 Å². The molecule has 0 saturated heterocycles. The molecule has 0 bridgehead atoms. The fraction of sp³-hybridized carbons (Fsp3) is 0.143. The number of sulfonamides is 1. The van der Waals surface area contributed by atoms with Crippen LogP contribution in [0.2, 0.25) is 0 Å². The average Bonchev–Trinajstić information content (AvgIpc) is 3.59. The van der Waals surface area contributed by atoms with Crippen LogP contribution in [0.1, 0.15) is 40.2 Å². The Kier molecular flexibility index (Phi) is 4.93. The van der Waals surface area contributed by atoms with Crippen LogP contribution in [0.3, 0.4) is 0 Å². The minimum atomic E-state index is -4.14. The molecule has 4 rings (SSSR count). The summed E-state index contributed by atoms with van der Waals surface area (Å²) in [7, 11) is -4.14. The third-order valence-electron chi connectivity index (χ3n) is 4.77. The van der Waals surface area contributed by atoms with Crippen molar-refractivity contribution in [3.05, 3.63) is 71.5 Å². The van der Waals surface area contributed by atoms with Crippen molar-refractivity contribution in [1.82, 2.24) is 9.97 Å². The van der Waals surface area contributed by atoms with Gasteiger partial charge in [0, 0.05) is 18.0 Å². The molecule has 2 aromatic carbocycles. The first-order valence-electron chi connectivity index (χ1n) is 9.10. The molecule has 1 aliphatic rings. The van der Waals surface area contributed by atoms with Gasteiger partial charge in [-0.2, -0.15) is 5.26 Å². The van der Waals surface area contributed by atoms with E-state index in [0.717, 1.165) is 12.8 Å². The number of nitriles is 1. The summed E-state index contributed by atoms with van der Waals surface area (Å²) < 4.78 is 29.1. The van der Waals surface area contributed by atoms with Crippen molar-refractivity contribution in [2.24, 2.45) is 0 Å². The van der Waals surface area contributed by atoms with Gasteiger partial charge in [0.1, 0.15) is 0 Å². The van der Waals surface area contributed by atoms with E-state index < -0.39 is 16.0 Å². The summed E-state index contributed by atoms with van der Waals surface area (Å²) in [5.41, 5.74) is 1.27. The van der Waals surface area contributed by atoms with Crippen molar-refractivity contribution < 1.29 is 18.3 Å². The van der Waals surface area contributed by atoms with Crippen LogP contribution in [-0.2, 0) is 10.0 Å². The Morgan fingerprint density at radius 3 is 2.50 bits per heavy atom. The van der Waals surface area contributed by atoms with Crippen molar-refractivity contribution in [2.75, 3.05) is 4.72 Å². The number of nitrogens with zero attached hydrogens (tertiary/aromatic N) is 3. The molecule has 0 aliphatic heterocycles. The average molecular weight is 420 g/mol. The van der Waals surface area contributed by atoms with Gasteiger partial charge in [0.2, 0.25) is 0 Å².